The molecule has 0 N–H and O–H groups in total. The van der Waals surface area contributed by atoms with E-state index in [0.717, 1.165) is 48.1 Å². The van der Waals surface area contributed by atoms with E-state index in [0.29, 0.717) is 11.4 Å². The van der Waals surface area contributed by atoms with Crippen LogP contribution in [-0.4, -0.2) is 35.4 Å². The highest BCUT2D eigenvalue weighted by Crippen LogP contribution is 2.27. The highest BCUT2D eigenvalue weighted by Gasteiger charge is 2.28. The average molecular weight is 426 g/mol. The standard InChI is InChI=1S/C24H31N3O2S/c1-17-14-23-24(15-18(17)2)27(19(3)25-23)16-20-10-12-22(13-11-20)30(28,29)26(4)21-8-6-5-7-9-21/h10-15,21H,5-9,16H2,1-4H3. The van der Waals surface area contributed by atoms with Gasteiger partial charge in [-0.3, -0.25) is 0 Å². The molecule has 1 fully saturated rings. The van der Waals surface area contributed by atoms with Gasteiger partial charge >= 0.3 is 0 Å². The largest absolute Gasteiger partial charge is 0.324 e. The lowest BCUT2D eigenvalue weighted by atomic mass is 9.96. The van der Waals surface area contributed by atoms with Crippen molar-refractivity contribution in [1.82, 2.24) is 13.9 Å². The second-order valence-electron chi connectivity index (χ2n) is 8.63. The van der Waals surface area contributed by atoms with Gasteiger partial charge in [0, 0.05) is 19.6 Å². The third-order valence-electron chi connectivity index (χ3n) is 6.58. The minimum atomic E-state index is -3.46. The van der Waals surface area contributed by atoms with Crippen molar-refractivity contribution in [3.05, 3.63) is 58.9 Å². The van der Waals surface area contributed by atoms with Gasteiger partial charge in [-0.25, -0.2) is 13.4 Å². The van der Waals surface area contributed by atoms with Crippen molar-refractivity contribution in [3.63, 3.8) is 0 Å². The van der Waals surface area contributed by atoms with Gasteiger partial charge < -0.3 is 4.57 Å². The van der Waals surface area contributed by atoms with Crippen LogP contribution in [0.2, 0.25) is 0 Å². The monoisotopic (exact) mass is 425 g/mol. The predicted octanol–water partition coefficient (Wildman–Crippen LogP) is 4.96. The molecule has 30 heavy (non-hydrogen) atoms. The topological polar surface area (TPSA) is 55.2 Å². The molecule has 5 nitrogen and oxygen atoms in total. The molecule has 0 saturated heterocycles. The van der Waals surface area contributed by atoms with E-state index in [4.69, 9.17) is 4.98 Å². The molecule has 1 heterocycles. The predicted molar refractivity (Wildman–Crippen MR) is 121 cm³/mol. The fourth-order valence-electron chi connectivity index (χ4n) is 4.46. The van der Waals surface area contributed by atoms with Gasteiger partial charge in [0.2, 0.25) is 10.0 Å². The van der Waals surface area contributed by atoms with Crippen molar-refractivity contribution in [2.75, 3.05) is 7.05 Å². The number of hydrogen-bond acceptors (Lipinski definition) is 3. The Labute approximate surface area is 179 Å². The lowest BCUT2D eigenvalue weighted by Crippen LogP contribution is -2.38. The Hall–Kier alpha value is -2.18. The summed E-state index contributed by atoms with van der Waals surface area (Å²) in [6, 6.07) is 11.8. The van der Waals surface area contributed by atoms with Crippen LogP contribution in [-0.2, 0) is 16.6 Å². The third kappa shape index (κ3) is 3.91. The van der Waals surface area contributed by atoms with E-state index < -0.39 is 10.0 Å². The van der Waals surface area contributed by atoms with Crippen LogP contribution in [0.5, 0.6) is 0 Å². The number of rotatable bonds is 5. The van der Waals surface area contributed by atoms with Crippen LogP contribution in [0.4, 0.5) is 0 Å². The summed E-state index contributed by atoms with van der Waals surface area (Å²) in [4.78, 5) is 5.08. The number of fused-ring (bicyclic) bond motifs is 1. The van der Waals surface area contributed by atoms with E-state index in [1.807, 2.05) is 19.1 Å². The van der Waals surface area contributed by atoms with Gasteiger partial charge in [-0.2, -0.15) is 4.31 Å². The Bertz CT molecular complexity index is 1160. The second kappa shape index (κ2) is 8.16. The van der Waals surface area contributed by atoms with E-state index in [1.165, 1.54) is 17.5 Å². The van der Waals surface area contributed by atoms with Crippen LogP contribution in [0.15, 0.2) is 41.3 Å². The second-order valence-corrected chi connectivity index (χ2v) is 10.6. The number of sulfonamides is 1. The minimum absolute atomic E-state index is 0.120. The lowest BCUT2D eigenvalue weighted by Gasteiger charge is -2.30. The van der Waals surface area contributed by atoms with Crippen molar-refractivity contribution < 1.29 is 8.42 Å². The molecule has 0 unspecified atom stereocenters. The zero-order valence-corrected chi connectivity index (χ0v) is 19.2. The van der Waals surface area contributed by atoms with Gasteiger partial charge in [0.25, 0.3) is 0 Å². The first kappa shape index (κ1) is 21.1. The summed E-state index contributed by atoms with van der Waals surface area (Å²) >= 11 is 0. The third-order valence-corrected chi connectivity index (χ3v) is 8.51. The van der Waals surface area contributed by atoms with Crippen LogP contribution >= 0.6 is 0 Å². The molecule has 0 bridgehead atoms. The normalized spacial score (nSPS) is 15.9. The molecule has 0 radical (unpaired) electrons. The van der Waals surface area contributed by atoms with Gasteiger partial charge in [-0.1, -0.05) is 31.4 Å². The molecular weight excluding hydrogens is 394 g/mol. The molecule has 2 aromatic carbocycles. The van der Waals surface area contributed by atoms with E-state index in [-0.39, 0.29) is 6.04 Å². The SMILES string of the molecule is Cc1cc2nc(C)n(Cc3ccc(S(=O)(=O)N(C)C4CCCCC4)cc3)c2cc1C. The first-order chi connectivity index (χ1) is 14.3. The van der Waals surface area contributed by atoms with Crippen LogP contribution in [0.1, 0.15) is 54.6 Å². The summed E-state index contributed by atoms with van der Waals surface area (Å²) in [5, 5.41) is 0. The molecule has 0 aliphatic heterocycles. The van der Waals surface area contributed by atoms with E-state index in [9.17, 15) is 8.42 Å². The van der Waals surface area contributed by atoms with Crippen LogP contribution in [0.25, 0.3) is 11.0 Å². The van der Waals surface area contributed by atoms with Crippen molar-refractivity contribution in [2.24, 2.45) is 0 Å². The quantitative estimate of drug-likeness (QED) is 0.580. The summed E-state index contributed by atoms with van der Waals surface area (Å²) < 4.78 is 29.9. The molecule has 160 valence electrons. The summed E-state index contributed by atoms with van der Waals surface area (Å²) in [6.07, 6.45) is 5.35. The zero-order valence-electron chi connectivity index (χ0n) is 18.4. The van der Waals surface area contributed by atoms with Gasteiger partial charge in [0.1, 0.15) is 5.82 Å². The maximum atomic E-state index is 13.1. The molecule has 0 amide bonds. The van der Waals surface area contributed by atoms with Gasteiger partial charge in [-0.15, -0.1) is 0 Å². The summed E-state index contributed by atoms with van der Waals surface area (Å²) in [6.45, 7) is 6.91. The van der Waals surface area contributed by atoms with Crippen molar-refractivity contribution in [1.29, 1.82) is 0 Å². The molecule has 3 aromatic rings. The first-order valence-electron chi connectivity index (χ1n) is 10.8. The smallest absolute Gasteiger partial charge is 0.243 e. The number of aryl methyl sites for hydroxylation is 3. The number of imidazole rings is 1. The maximum Gasteiger partial charge on any atom is 0.243 e. The minimum Gasteiger partial charge on any atom is -0.324 e. The number of hydrogen-bond donors (Lipinski definition) is 0. The average Bonchev–Trinajstić information content (AvgIpc) is 3.03. The van der Waals surface area contributed by atoms with E-state index in [2.05, 4.69) is 30.5 Å². The molecule has 4 rings (SSSR count). The van der Waals surface area contributed by atoms with Gasteiger partial charge in [0.05, 0.1) is 15.9 Å². The summed E-state index contributed by atoms with van der Waals surface area (Å²) in [7, 11) is -1.73. The number of nitrogens with zero attached hydrogens (tertiary/aromatic N) is 3. The fourth-order valence-corrected chi connectivity index (χ4v) is 5.87. The van der Waals surface area contributed by atoms with Crippen molar-refractivity contribution in [2.45, 2.75) is 70.4 Å². The Morgan fingerprint density at radius 2 is 1.63 bits per heavy atom. The Morgan fingerprint density at radius 3 is 2.30 bits per heavy atom. The number of aromatic nitrogens is 2. The maximum absolute atomic E-state index is 13.1. The lowest BCUT2D eigenvalue weighted by molar-refractivity contribution is 0.286. The first-order valence-corrected chi connectivity index (χ1v) is 12.2. The zero-order chi connectivity index (χ0) is 21.5. The van der Waals surface area contributed by atoms with Crippen LogP contribution in [0, 0.1) is 20.8 Å². The van der Waals surface area contributed by atoms with Gasteiger partial charge in [-0.05, 0) is 74.6 Å². The molecule has 6 heteroatoms. The molecule has 0 spiro atoms. The fraction of sp³-hybridized carbons (Fsp3) is 0.458. The van der Waals surface area contributed by atoms with E-state index in [1.54, 1.807) is 23.5 Å². The Kier molecular flexibility index (Phi) is 5.73. The summed E-state index contributed by atoms with van der Waals surface area (Å²) in [5.41, 5.74) is 5.67. The van der Waals surface area contributed by atoms with Crippen LogP contribution < -0.4 is 0 Å². The molecular formula is C24H31N3O2S. The highest BCUT2D eigenvalue weighted by molar-refractivity contribution is 7.89. The van der Waals surface area contributed by atoms with Crippen LogP contribution in [0.3, 0.4) is 0 Å². The van der Waals surface area contributed by atoms with Crippen molar-refractivity contribution in [3.8, 4) is 0 Å². The Balaban J connectivity index is 1.58. The van der Waals surface area contributed by atoms with E-state index >= 15 is 0 Å². The number of benzene rings is 2. The Morgan fingerprint density at radius 1 is 1.00 bits per heavy atom. The molecule has 1 aromatic heterocycles. The van der Waals surface area contributed by atoms with Crippen molar-refractivity contribution >= 4 is 21.1 Å². The molecule has 1 saturated carbocycles. The molecule has 0 atom stereocenters. The van der Waals surface area contributed by atoms with Gasteiger partial charge in [0.15, 0.2) is 0 Å². The highest BCUT2D eigenvalue weighted by atomic mass is 32.2. The summed E-state index contributed by atoms with van der Waals surface area (Å²) in [5.74, 6) is 0.962. The molecule has 1 aliphatic carbocycles. The molecule has 1 aliphatic rings.